The van der Waals surface area contributed by atoms with Crippen LogP contribution in [0.1, 0.15) is 6.92 Å². The molecule has 0 spiro atoms. The van der Waals surface area contributed by atoms with E-state index >= 15 is 0 Å². The number of nitrogens with zero attached hydrogens (tertiary/aromatic N) is 2. The monoisotopic (exact) mass is 430 g/mol. The first-order chi connectivity index (χ1) is 14.5. The molecule has 30 heavy (non-hydrogen) atoms. The van der Waals surface area contributed by atoms with E-state index < -0.39 is 0 Å². The molecular formula is C22H27ClN4O3. The van der Waals surface area contributed by atoms with Crippen LogP contribution < -0.4 is 15.5 Å². The van der Waals surface area contributed by atoms with E-state index in [1.165, 1.54) is 0 Å². The van der Waals surface area contributed by atoms with Gasteiger partial charge >= 0.3 is 0 Å². The number of anilines is 3. The number of ether oxygens (including phenoxy) is 1. The van der Waals surface area contributed by atoms with E-state index in [-0.39, 0.29) is 24.9 Å². The van der Waals surface area contributed by atoms with Crippen LogP contribution in [0.15, 0.2) is 48.5 Å². The van der Waals surface area contributed by atoms with Gasteiger partial charge in [0.2, 0.25) is 11.8 Å². The highest BCUT2D eigenvalue weighted by Crippen LogP contribution is 2.20. The molecule has 7 nitrogen and oxygen atoms in total. The number of halogens is 1. The van der Waals surface area contributed by atoms with Gasteiger partial charge in [0.05, 0.1) is 37.0 Å². The average molecular weight is 431 g/mol. The molecule has 2 N–H and O–H groups in total. The van der Waals surface area contributed by atoms with E-state index in [2.05, 4.69) is 15.5 Å². The van der Waals surface area contributed by atoms with Gasteiger partial charge < -0.3 is 20.3 Å². The third kappa shape index (κ3) is 6.45. The number of rotatable bonds is 8. The van der Waals surface area contributed by atoms with Crippen molar-refractivity contribution >= 4 is 40.5 Å². The quantitative estimate of drug-likeness (QED) is 0.673. The Hall–Kier alpha value is -2.61. The zero-order valence-corrected chi connectivity index (χ0v) is 17.8. The van der Waals surface area contributed by atoms with Crippen molar-refractivity contribution in [1.29, 1.82) is 0 Å². The Morgan fingerprint density at radius 2 is 1.63 bits per heavy atom. The van der Waals surface area contributed by atoms with E-state index in [1.54, 1.807) is 29.2 Å². The molecule has 2 aromatic rings. The lowest BCUT2D eigenvalue weighted by Gasteiger charge is -2.29. The number of morpholine rings is 1. The van der Waals surface area contributed by atoms with Crippen molar-refractivity contribution < 1.29 is 14.3 Å². The molecule has 0 atom stereocenters. The highest BCUT2D eigenvalue weighted by atomic mass is 35.5. The normalized spacial score (nSPS) is 13.9. The maximum atomic E-state index is 12.4. The van der Waals surface area contributed by atoms with E-state index in [4.69, 9.17) is 16.3 Å². The second-order valence-electron chi connectivity index (χ2n) is 7.03. The van der Waals surface area contributed by atoms with Crippen molar-refractivity contribution in [3.05, 3.63) is 53.6 Å². The topological polar surface area (TPSA) is 73.9 Å². The number of nitrogens with one attached hydrogen (secondary N) is 2. The number of amides is 2. The second kappa shape index (κ2) is 11.0. The van der Waals surface area contributed by atoms with Crippen LogP contribution in [0.5, 0.6) is 0 Å². The first-order valence-electron chi connectivity index (χ1n) is 10.0. The van der Waals surface area contributed by atoms with E-state index in [1.807, 2.05) is 31.2 Å². The largest absolute Gasteiger partial charge is 0.378 e. The third-order valence-corrected chi connectivity index (χ3v) is 5.19. The number of benzene rings is 2. The summed E-state index contributed by atoms with van der Waals surface area (Å²) in [6.07, 6.45) is 0. The van der Waals surface area contributed by atoms with Crippen LogP contribution in [-0.4, -0.2) is 62.7 Å². The smallest absolute Gasteiger partial charge is 0.238 e. The Morgan fingerprint density at radius 1 is 1.00 bits per heavy atom. The highest BCUT2D eigenvalue weighted by molar-refractivity contribution is 6.33. The summed E-state index contributed by atoms with van der Waals surface area (Å²) in [7, 11) is 0. The van der Waals surface area contributed by atoms with E-state index in [9.17, 15) is 9.59 Å². The standard InChI is InChI=1S/C22H27ClN4O3/c1-2-26(16-22(29)25-20-6-4-3-5-19(20)23)15-21(28)24-17-7-9-18(10-8-17)27-11-13-30-14-12-27/h3-10H,2,11-16H2,1H3,(H,24,28)(H,25,29). The van der Waals surface area contributed by atoms with Gasteiger partial charge in [0.15, 0.2) is 0 Å². The van der Waals surface area contributed by atoms with Crippen molar-refractivity contribution in [3.8, 4) is 0 Å². The fourth-order valence-electron chi connectivity index (χ4n) is 3.22. The summed E-state index contributed by atoms with van der Waals surface area (Å²) >= 11 is 6.07. The second-order valence-corrected chi connectivity index (χ2v) is 7.43. The van der Waals surface area contributed by atoms with Crippen molar-refractivity contribution in [2.75, 3.05) is 61.5 Å². The molecule has 1 fully saturated rings. The van der Waals surface area contributed by atoms with Gasteiger partial charge in [-0.15, -0.1) is 0 Å². The van der Waals surface area contributed by atoms with Crippen LogP contribution in [0.2, 0.25) is 5.02 Å². The van der Waals surface area contributed by atoms with Crippen molar-refractivity contribution in [1.82, 2.24) is 4.90 Å². The Balaban J connectivity index is 1.48. The number of hydrogen-bond acceptors (Lipinski definition) is 5. The summed E-state index contributed by atoms with van der Waals surface area (Å²) in [5.41, 5.74) is 2.40. The van der Waals surface area contributed by atoms with Crippen molar-refractivity contribution in [3.63, 3.8) is 0 Å². The molecule has 2 aromatic carbocycles. The van der Waals surface area contributed by atoms with Crippen LogP contribution in [0.3, 0.4) is 0 Å². The van der Waals surface area contributed by atoms with Crippen molar-refractivity contribution in [2.45, 2.75) is 6.92 Å². The lowest BCUT2D eigenvalue weighted by atomic mass is 10.2. The molecule has 2 amide bonds. The highest BCUT2D eigenvalue weighted by Gasteiger charge is 2.15. The lowest BCUT2D eigenvalue weighted by Crippen LogP contribution is -2.38. The average Bonchev–Trinajstić information content (AvgIpc) is 2.76. The molecule has 0 unspecified atom stereocenters. The van der Waals surface area contributed by atoms with Gasteiger partial charge in [-0.2, -0.15) is 0 Å². The van der Waals surface area contributed by atoms with Gasteiger partial charge in [0.1, 0.15) is 0 Å². The molecule has 0 aromatic heterocycles. The van der Waals surface area contributed by atoms with Gasteiger partial charge in [-0.05, 0) is 42.9 Å². The fourth-order valence-corrected chi connectivity index (χ4v) is 3.40. The summed E-state index contributed by atoms with van der Waals surface area (Å²) in [5.74, 6) is -0.380. The Morgan fingerprint density at radius 3 is 2.27 bits per heavy atom. The summed E-state index contributed by atoms with van der Waals surface area (Å²) < 4.78 is 5.37. The molecule has 160 valence electrons. The lowest BCUT2D eigenvalue weighted by molar-refractivity contribution is -0.119. The van der Waals surface area contributed by atoms with Gasteiger partial charge in [0.25, 0.3) is 0 Å². The SMILES string of the molecule is CCN(CC(=O)Nc1ccc(N2CCOCC2)cc1)CC(=O)Nc1ccccc1Cl. The van der Waals surface area contributed by atoms with Gasteiger partial charge in [0, 0.05) is 24.5 Å². The predicted octanol–water partition coefficient (Wildman–Crippen LogP) is 3.08. The van der Waals surface area contributed by atoms with Gasteiger partial charge in [-0.1, -0.05) is 30.7 Å². The minimum atomic E-state index is -0.215. The van der Waals surface area contributed by atoms with Crippen LogP contribution >= 0.6 is 11.6 Å². The maximum absolute atomic E-state index is 12.4. The molecule has 0 bridgehead atoms. The third-order valence-electron chi connectivity index (χ3n) is 4.86. The van der Waals surface area contributed by atoms with Crippen molar-refractivity contribution in [2.24, 2.45) is 0 Å². The Bertz CT molecular complexity index is 854. The minimum Gasteiger partial charge on any atom is -0.378 e. The summed E-state index contributed by atoms with van der Waals surface area (Å²) in [6.45, 7) is 5.90. The number of carbonyl (C=O) groups is 2. The summed E-state index contributed by atoms with van der Waals surface area (Å²) in [4.78, 5) is 28.8. The number of para-hydroxylation sites is 1. The van der Waals surface area contributed by atoms with Crippen LogP contribution in [0, 0.1) is 0 Å². The number of hydrogen-bond donors (Lipinski definition) is 2. The molecule has 1 aliphatic heterocycles. The Kier molecular flexibility index (Phi) is 8.07. The molecule has 0 aliphatic carbocycles. The zero-order valence-electron chi connectivity index (χ0n) is 17.1. The molecule has 1 saturated heterocycles. The summed E-state index contributed by atoms with van der Waals surface area (Å²) in [5, 5.41) is 6.15. The predicted molar refractivity (Wildman–Crippen MR) is 120 cm³/mol. The molecule has 1 heterocycles. The van der Waals surface area contributed by atoms with Gasteiger partial charge in [-0.25, -0.2) is 0 Å². The number of likely N-dealkylation sites (N-methyl/N-ethyl adjacent to an activating group) is 1. The van der Waals surface area contributed by atoms with E-state index in [0.717, 1.165) is 37.7 Å². The van der Waals surface area contributed by atoms with Crippen LogP contribution in [0.4, 0.5) is 17.1 Å². The molecule has 0 radical (unpaired) electrons. The molecular weight excluding hydrogens is 404 g/mol. The maximum Gasteiger partial charge on any atom is 0.238 e. The number of carbonyl (C=O) groups excluding carboxylic acids is 2. The first kappa shape index (κ1) is 22.1. The summed E-state index contributed by atoms with van der Waals surface area (Å²) in [6, 6.07) is 14.8. The van der Waals surface area contributed by atoms with Gasteiger partial charge in [-0.3, -0.25) is 14.5 Å². The Labute approximate surface area is 181 Å². The fraction of sp³-hybridized carbons (Fsp3) is 0.364. The molecule has 8 heteroatoms. The molecule has 0 saturated carbocycles. The van der Waals surface area contributed by atoms with Crippen LogP contribution in [-0.2, 0) is 14.3 Å². The molecule has 1 aliphatic rings. The van der Waals surface area contributed by atoms with E-state index in [0.29, 0.717) is 17.3 Å². The minimum absolute atomic E-state index is 0.102. The molecule has 3 rings (SSSR count). The van der Waals surface area contributed by atoms with Crippen LogP contribution in [0.25, 0.3) is 0 Å². The first-order valence-corrected chi connectivity index (χ1v) is 10.4. The zero-order chi connectivity index (χ0) is 21.3.